The van der Waals surface area contributed by atoms with Crippen LogP contribution in [0.5, 0.6) is 0 Å². The van der Waals surface area contributed by atoms with Gasteiger partial charge in [0.2, 0.25) is 0 Å². The molecule has 3 heteroatoms. The number of anilines is 1. The fraction of sp³-hybridized carbons (Fsp3) is 0.417. The molecule has 78 valence electrons. The highest BCUT2D eigenvalue weighted by Gasteiger charge is 2.17. The van der Waals surface area contributed by atoms with E-state index in [1.165, 1.54) is 16.1 Å². The predicted molar refractivity (Wildman–Crippen MR) is 64.2 cm³/mol. The van der Waals surface area contributed by atoms with E-state index < -0.39 is 0 Å². The van der Waals surface area contributed by atoms with Crippen molar-refractivity contribution in [1.82, 2.24) is 0 Å². The van der Waals surface area contributed by atoms with E-state index >= 15 is 0 Å². The van der Waals surface area contributed by atoms with Gasteiger partial charge in [0.05, 0.1) is 12.5 Å². The van der Waals surface area contributed by atoms with E-state index in [-0.39, 0.29) is 0 Å². The first-order valence-electron chi connectivity index (χ1n) is 5.22. The third-order valence-corrected chi connectivity index (χ3v) is 3.81. The zero-order valence-corrected chi connectivity index (χ0v) is 9.60. The van der Waals surface area contributed by atoms with Crippen LogP contribution in [0.1, 0.15) is 18.9 Å². The van der Waals surface area contributed by atoms with Gasteiger partial charge in [-0.05, 0) is 24.1 Å². The Hall–Kier alpha value is -1.14. The standard InChI is InChI=1S/C12H14N2S/c1-2-9-3-4-11-12(7-9)15-8-10(14-11)5-6-13/h3-4,7,10,14H,2,5,8H2,1H3. The van der Waals surface area contributed by atoms with Crippen molar-refractivity contribution in [2.24, 2.45) is 0 Å². The molecule has 0 saturated heterocycles. The minimum Gasteiger partial charge on any atom is -0.380 e. The molecular weight excluding hydrogens is 204 g/mol. The Balaban J connectivity index is 2.18. The molecule has 0 fully saturated rings. The largest absolute Gasteiger partial charge is 0.380 e. The minimum atomic E-state index is 0.306. The summed E-state index contributed by atoms with van der Waals surface area (Å²) in [6, 6.07) is 9.05. The molecular formula is C12H14N2S. The number of hydrogen-bond donors (Lipinski definition) is 1. The van der Waals surface area contributed by atoms with Gasteiger partial charge >= 0.3 is 0 Å². The molecule has 1 aromatic rings. The van der Waals surface area contributed by atoms with E-state index in [0.717, 1.165) is 12.2 Å². The summed E-state index contributed by atoms with van der Waals surface area (Å²) in [5, 5.41) is 12.1. The maximum absolute atomic E-state index is 8.65. The van der Waals surface area contributed by atoms with Gasteiger partial charge < -0.3 is 5.32 Å². The lowest BCUT2D eigenvalue weighted by Crippen LogP contribution is -2.25. The van der Waals surface area contributed by atoms with Crippen LogP contribution in [0.15, 0.2) is 23.1 Å². The zero-order valence-electron chi connectivity index (χ0n) is 8.79. The van der Waals surface area contributed by atoms with E-state index in [1.807, 2.05) is 11.8 Å². The van der Waals surface area contributed by atoms with E-state index in [0.29, 0.717) is 12.5 Å². The molecule has 0 saturated carbocycles. The monoisotopic (exact) mass is 218 g/mol. The normalized spacial score (nSPS) is 18.8. The van der Waals surface area contributed by atoms with Crippen LogP contribution in [0, 0.1) is 11.3 Å². The maximum atomic E-state index is 8.65. The van der Waals surface area contributed by atoms with Crippen LogP contribution < -0.4 is 5.32 Å². The van der Waals surface area contributed by atoms with Gasteiger partial charge in [-0.25, -0.2) is 0 Å². The summed E-state index contributed by atoms with van der Waals surface area (Å²) >= 11 is 1.85. The molecule has 0 radical (unpaired) electrons. The van der Waals surface area contributed by atoms with Crippen LogP contribution in [0.4, 0.5) is 5.69 Å². The van der Waals surface area contributed by atoms with Crippen LogP contribution in [0.25, 0.3) is 0 Å². The third-order valence-electron chi connectivity index (χ3n) is 2.59. The molecule has 1 aromatic carbocycles. The highest BCUT2D eigenvalue weighted by atomic mass is 32.2. The van der Waals surface area contributed by atoms with E-state index in [9.17, 15) is 0 Å². The predicted octanol–water partition coefficient (Wildman–Crippen LogP) is 3.05. The summed E-state index contributed by atoms with van der Waals surface area (Å²) in [6.07, 6.45) is 1.66. The van der Waals surface area contributed by atoms with Gasteiger partial charge in [-0.2, -0.15) is 5.26 Å². The van der Waals surface area contributed by atoms with Gasteiger partial charge in [-0.15, -0.1) is 11.8 Å². The Morgan fingerprint density at radius 2 is 2.47 bits per heavy atom. The SMILES string of the molecule is CCc1ccc2c(c1)SCC(CC#N)N2. The number of hydrogen-bond acceptors (Lipinski definition) is 3. The Kier molecular flexibility index (Phi) is 3.17. The van der Waals surface area contributed by atoms with Crippen LogP contribution in [0.3, 0.4) is 0 Å². The molecule has 2 rings (SSSR count). The number of nitrogens with zero attached hydrogens (tertiary/aromatic N) is 1. The van der Waals surface area contributed by atoms with Crippen LogP contribution in [-0.4, -0.2) is 11.8 Å². The second-order valence-electron chi connectivity index (χ2n) is 3.70. The van der Waals surface area contributed by atoms with E-state index in [4.69, 9.17) is 5.26 Å². The first-order valence-corrected chi connectivity index (χ1v) is 6.21. The summed E-state index contributed by atoms with van der Waals surface area (Å²) in [5.74, 6) is 0.994. The van der Waals surface area contributed by atoms with Crippen molar-refractivity contribution in [3.8, 4) is 6.07 Å². The molecule has 1 atom stereocenters. The van der Waals surface area contributed by atoms with Crippen molar-refractivity contribution in [3.63, 3.8) is 0 Å². The molecule has 0 spiro atoms. The number of nitrogens with one attached hydrogen (secondary N) is 1. The number of nitriles is 1. The molecule has 0 amide bonds. The second kappa shape index (κ2) is 4.59. The Labute approximate surface area is 94.7 Å². The highest BCUT2D eigenvalue weighted by Crippen LogP contribution is 2.34. The summed E-state index contributed by atoms with van der Waals surface area (Å²) in [7, 11) is 0. The molecule has 1 N–H and O–H groups in total. The molecule has 1 unspecified atom stereocenters. The van der Waals surface area contributed by atoms with Crippen LogP contribution in [-0.2, 0) is 6.42 Å². The summed E-state index contributed by atoms with van der Waals surface area (Å²) in [5.41, 5.74) is 2.56. The first kappa shape index (κ1) is 10.4. The quantitative estimate of drug-likeness (QED) is 0.828. The van der Waals surface area contributed by atoms with Crippen molar-refractivity contribution < 1.29 is 0 Å². The van der Waals surface area contributed by atoms with Gasteiger partial charge in [0.15, 0.2) is 0 Å². The first-order chi connectivity index (χ1) is 7.33. The van der Waals surface area contributed by atoms with Crippen LogP contribution >= 0.6 is 11.8 Å². The van der Waals surface area contributed by atoms with Crippen molar-refractivity contribution in [1.29, 1.82) is 5.26 Å². The maximum Gasteiger partial charge on any atom is 0.0643 e. The topological polar surface area (TPSA) is 35.8 Å². The smallest absolute Gasteiger partial charge is 0.0643 e. The molecule has 15 heavy (non-hydrogen) atoms. The molecule has 0 aliphatic carbocycles. The Morgan fingerprint density at radius 1 is 1.60 bits per heavy atom. The number of thioether (sulfide) groups is 1. The van der Waals surface area contributed by atoms with Crippen LogP contribution in [0.2, 0.25) is 0 Å². The Morgan fingerprint density at radius 3 is 3.20 bits per heavy atom. The van der Waals surface area contributed by atoms with E-state index in [2.05, 4.69) is 36.5 Å². The minimum absolute atomic E-state index is 0.306. The van der Waals surface area contributed by atoms with Crippen molar-refractivity contribution >= 4 is 17.4 Å². The summed E-state index contributed by atoms with van der Waals surface area (Å²) in [6.45, 7) is 2.17. The van der Waals surface area contributed by atoms with E-state index in [1.54, 1.807) is 0 Å². The average molecular weight is 218 g/mol. The highest BCUT2D eigenvalue weighted by molar-refractivity contribution is 7.99. The van der Waals surface area contributed by atoms with Gasteiger partial charge in [-0.1, -0.05) is 13.0 Å². The summed E-state index contributed by atoms with van der Waals surface area (Å²) < 4.78 is 0. The third kappa shape index (κ3) is 2.27. The van der Waals surface area contributed by atoms with Crippen molar-refractivity contribution in [2.75, 3.05) is 11.1 Å². The molecule has 0 bridgehead atoms. The fourth-order valence-corrected chi connectivity index (χ4v) is 2.80. The molecule has 0 aromatic heterocycles. The molecule has 2 nitrogen and oxygen atoms in total. The summed E-state index contributed by atoms with van der Waals surface area (Å²) in [4.78, 5) is 1.32. The lowest BCUT2D eigenvalue weighted by atomic mass is 10.1. The number of rotatable bonds is 2. The average Bonchev–Trinajstić information content (AvgIpc) is 2.29. The van der Waals surface area contributed by atoms with Gasteiger partial charge in [0.1, 0.15) is 0 Å². The molecule has 1 aliphatic heterocycles. The zero-order chi connectivity index (χ0) is 10.7. The lowest BCUT2D eigenvalue weighted by Gasteiger charge is -2.25. The Bertz CT molecular complexity index is 395. The lowest BCUT2D eigenvalue weighted by molar-refractivity contribution is 0.819. The van der Waals surface area contributed by atoms with Crippen molar-refractivity contribution in [3.05, 3.63) is 23.8 Å². The van der Waals surface area contributed by atoms with Gasteiger partial charge in [0.25, 0.3) is 0 Å². The number of aryl methyl sites for hydroxylation is 1. The molecule has 1 aliphatic rings. The molecule has 1 heterocycles. The second-order valence-corrected chi connectivity index (χ2v) is 4.76. The number of benzene rings is 1. The van der Waals surface area contributed by atoms with Gasteiger partial charge in [0, 0.05) is 22.4 Å². The fourth-order valence-electron chi connectivity index (χ4n) is 1.70. The number of fused-ring (bicyclic) bond motifs is 1. The van der Waals surface area contributed by atoms with Crippen molar-refractivity contribution in [2.45, 2.75) is 30.7 Å². The van der Waals surface area contributed by atoms with Gasteiger partial charge in [-0.3, -0.25) is 0 Å².